The molecule has 1 fully saturated rings. The molecule has 0 aliphatic carbocycles. The van der Waals surface area contributed by atoms with Crippen LogP contribution in [0.5, 0.6) is 0 Å². The highest BCUT2D eigenvalue weighted by Crippen LogP contribution is 2.23. The fraction of sp³-hybridized carbons (Fsp3) is 0.562. The molecule has 4 nitrogen and oxygen atoms in total. The summed E-state index contributed by atoms with van der Waals surface area (Å²) in [7, 11) is 0. The summed E-state index contributed by atoms with van der Waals surface area (Å²) in [6.45, 7) is 9.04. The van der Waals surface area contributed by atoms with E-state index in [9.17, 15) is 4.79 Å². The van der Waals surface area contributed by atoms with E-state index in [1.807, 2.05) is 24.0 Å². The number of benzene rings is 1. The number of hydrogen-bond donors (Lipinski definition) is 1. The van der Waals surface area contributed by atoms with Crippen LogP contribution in [0, 0.1) is 13.8 Å². The van der Waals surface area contributed by atoms with E-state index in [-0.39, 0.29) is 24.4 Å². The Kier molecular flexibility index (Phi) is 7.15. The fourth-order valence-corrected chi connectivity index (χ4v) is 2.58. The summed E-state index contributed by atoms with van der Waals surface area (Å²) in [5, 5.41) is 3.33. The minimum Gasteiger partial charge on any atom is -0.378 e. The van der Waals surface area contributed by atoms with E-state index in [4.69, 9.17) is 4.74 Å². The van der Waals surface area contributed by atoms with Crippen molar-refractivity contribution in [1.82, 2.24) is 5.32 Å². The zero-order chi connectivity index (χ0) is 14.5. The Bertz CT molecular complexity index is 473. The molecule has 1 aliphatic heterocycles. The van der Waals surface area contributed by atoms with Gasteiger partial charge >= 0.3 is 0 Å². The summed E-state index contributed by atoms with van der Waals surface area (Å²) in [6, 6.07) is 6.24. The molecule has 118 valence electrons. The van der Waals surface area contributed by atoms with Gasteiger partial charge in [-0.2, -0.15) is 0 Å². The van der Waals surface area contributed by atoms with E-state index in [0.29, 0.717) is 19.6 Å². The lowest BCUT2D eigenvalue weighted by Crippen LogP contribution is -2.45. The molecule has 0 spiro atoms. The predicted molar refractivity (Wildman–Crippen MR) is 88.4 cm³/mol. The maximum atomic E-state index is 12.5. The monoisotopic (exact) mass is 312 g/mol. The number of amides is 1. The van der Waals surface area contributed by atoms with E-state index in [1.54, 1.807) is 0 Å². The summed E-state index contributed by atoms with van der Waals surface area (Å²) >= 11 is 0. The number of halogens is 1. The zero-order valence-corrected chi connectivity index (χ0v) is 13.8. The first-order chi connectivity index (χ1) is 9.63. The standard InChI is InChI=1S/C16H24N2O2.ClH/c1-4-18(15-7-5-6-12(2)13(15)3)16(19)10-14-11-20-9-8-17-14;/h5-7,14,17H,4,8-11H2,1-3H3;1H. The van der Waals surface area contributed by atoms with Crippen molar-refractivity contribution in [2.45, 2.75) is 33.2 Å². The highest BCUT2D eigenvalue weighted by Gasteiger charge is 2.22. The van der Waals surface area contributed by atoms with Crippen molar-refractivity contribution in [2.75, 3.05) is 31.2 Å². The van der Waals surface area contributed by atoms with Gasteiger partial charge in [0.05, 0.1) is 13.2 Å². The van der Waals surface area contributed by atoms with Crippen LogP contribution in [-0.2, 0) is 9.53 Å². The summed E-state index contributed by atoms with van der Waals surface area (Å²) in [4.78, 5) is 14.4. The number of rotatable bonds is 4. The van der Waals surface area contributed by atoms with Gasteiger partial charge in [0.15, 0.2) is 0 Å². The first kappa shape index (κ1) is 18.0. The molecule has 0 bridgehead atoms. The van der Waals surface area contributed by atoms with Crippen LogP contribution in [0.1, 0.15) is 24.5 Å². The number of morpholine rings is 1. The normalized spacial score (nSPS) is 18.0. The maximum Gasteiger partial charge on any atom is 0.228 e. The molecule has 1 aromatic rings. The van der Waals surface area contributed by atoms with Gasteiger partial charge in [-0.1, -0.05) is 12.1 Å². The molecule has 0 radical (unpaired) electrons. The third kappa shape index (κ3) is 4.43. The molecule has 1 unspecified atom stereocenters. The van der Waals surface area contributed by atoms with E-state index in [0.717, 1.165) is 18.8 Å². The molecule has 1 aliphatic rings. The van der Waals surface area contributed by atoms with E-state index in [2.05, 4.69) is 25.2 Å². The lowest BCUT2D eigenvalue weighted by atomic mass is 10.1. The van der Waals surface area contributed by atoms with Gasteiger partial charge < -0.3 is 15.0 Å². The highest BCUT2D eigenvalue weighted by molar-refractivity contribution is 5.94. The zero-order valence-electron chi connectivity index (χ0n) is 13.0. The third-order valence-corrected chi connectivity index (χ3v) is 3.90. The Morgan fingerprint density at radius 2 is 2.19 bits per heavy atom. The SMILES string of the molecule is CCN(C(=O)CC1COCCN1)c1cccc(C)c1C.Cl. The topological polar surface area (TPSA) is 41.6 Å². The van der Waals surface area contributed by atoms with Crippen LogP contribution >= 0.6 is 12.4 Å². The molecule has 21 heavy (non-hydrogen) atoms. The van der Waals surface area contributed by atoms with Crippen molar-refractivity contribution in [3.8, 4) is 0 Å². The number of ether oxygens (including phenoxy) is 1. The molecule has 0 aromatic heterocycles. The van der Waals surface area contributed by atoms with Crippen LogP contribution in [0.4, 0.5) is 5.69 Å². The summed E-state index contributed by atoms with van der Waals surface area (Å²) < 4.78 is 5.41. The van der Waals surface area contributed by atoms with Crippen molar-refractivity contribution in [3.05, 3.63) is 29.3 Å². The van der Waals surface area contributed by atoms with E-state index >= 15 is 0 Å². The van der Waals surface area contributed by atoms with Gasteiger partial charge in [-0.15, -0.1) is 12.4 Å². The molecule has 2 rings (SSSR count). The van der Waals surface area contributed by atoms with Gasteiger partial charge in [0, 0.05) is 31.2 Å². The van der Waals surface area contributed by atoms with Gasteiger partial charge in [0.25, 0.3) is 0 Å². The molecule has 1 N–H and O–H groups in total. The van der Waals surface area contributed by atoms with E-state index < -0.39 is 0 Å². The second-order valence-electron chi connectivity index (χ2n) is 5.29. The van der Waals surface area contributed by atoms with Crippen LogP contribution in [0.25, 0.3) is 0 Å². The Hall–Kier alpha value is -1.10. The quantitative estimate of drug-likeness (QED) is 0.928. The summed E-state index contributed by atoms with van der Waals surface area (Å²) in [5.41, 5.74) is 3.41. The van der Waals surface area contributed by atoms with Crippen molar-refractivity contribution in [3.63, 3.8) is 0 Å². The van der Waals surface area contributed by atoms with Crippen LogP contribution in [0.15, 0.2) is 18.2 Å². The maximum absolute atomic E-state index is 12.5. The fourth-order valence-electron chi connectivity index (χ4n) is 2.58. The molecular weight excluding hydrogens is 288 g/mol. The minimum atomic E-state index is 0. The van der Waals surface area contributed by atoms with Crippen molar-refractivity contribution in [1.29, 1.82) is 0 Å². The van der Waals surface area contributed by atoms with Crippen LogP contribution < -0.4 is 10.2 Å². The number of hydrogen-bond acceptors (Lipinski definition) is 3. The first-order valence-electron chi connectivity index (χ1n) is 7.31. The number of anilines is 1. The van der Waals surface area contributed by atoms with Gasteiger partial charge in [-0.25, -0.2) is 0 Å². The smallest absolute Gasteiger partial charge is 0.228 e. The van der Waals surface area contributed by atoms with E-state index in [1.165, 1.54) is 11.1 Å². The highest BCUT2D eigenvalue weighted by atomic mass is 35.5. The molecule has 1 heterocycles. The first-order valence-corrected chi connectivity index (χ1v) is 7.31. The molecule has 0 saturated carbocycles. The second kappa shape index (κ2) is 8.37. The number of carbonyl (C=O) groups is 1. The van der Waals surface area contributed by atoms with Crippen LogP contribution in [-0.4, -0.2) is 38.3 Å². The average Bonchev–Trinajstić information content (AvgIpc) is 2.45. The van der Waals surface area contributed by atoms with Crippen LogP contribution in [0.2, 0.25) is 0 Å². The largest absolute Gasteiger partial charge is 0.378 e. The number of nitrogens with one attached hydrogen (secondary N) is 1. The summed E-state index contributed by atoms with van der Waals surface area (Å²) in [6.07, 6.45) is 0.487. The third-order valence-electron chi connectivity index (χ3n) is 3.90. The second-order valence-corrected chi connectivity index (χ2v) is 5.29. The lowest BCUT2D eigenvalue weighted by molar-refractivity contribution is -0.119. The van der Waals surface area contributed by atoms with Gasteiger partial charge in [0.2, 0.25) is 5.91 Å². The van der Waals surface area contributed by atoms with Crippen LogP contribution in [0.3, 0.4) is 0 Å². The van der Waals surface area contributed by atoms with Crippen molar-refractivity contribution >= 4 is 24.0 Å². The molecule has 1 atom stereocenters. The Morgan fingerprint density at radius 3 is 2.81 bits per heavy atom. The number of aryl methyl sites for hydroxylation is 1. The molecule has 1 saturated heterocycles. The van der Waals surface area contributed by atoms with Gasteiger partial charge in [0.1, 0.15) is 0 Å². The number of nitrogens with zero attached hydrogens (tertiary/aromatic N) is 1. The number of carbonyl (C=O) groups excluding carboxylic acids is 1. The molecule has 5 heteroatoms. The molecular formula is C16H25ClN2O2. The average molecular weight is 313 g/mol. The Morgan fingerprint density at radius 1 is 1.43 bits per heavy atom. The lowest BCUT2D eigenvalue weighted by Gasteiger charge is -2.28. The predicted octanol–water partition coefficient (Wildman–Crippen LogP) is 2.46. The minimum absolute atomic E-state index is 0. The van der Waals surface area contributed by atoms with Gasteiger partial charge in [-0.05, 0) is 38.0 Å². The Labute approximate surface area is 133 Å². The summed E-state index contributed by atoms with van der Waals surface area (Å²) in [5.74, 6) is 0.157. The van der Waals surface area contributed by atoms with Gasteiger partial charge in [-0.3, -0.25) is 4.79 Å². The van der Waals surface area contributed by atoms with Crippen molar-refractivity contribution in [2.24, 2.45) is 0 Å². The Balaban J connectivity index is 0.00000220. The van der Waals surface area contributed by atoms with Crippen molar-refractivity contribution < 1.29 is 9.53 Å². The molecule has 1 aromatic carbocycles. The molecule has 1 amide bonds.